The standard InChI is InChI=1S/C23H23N/c1-19-16-17-21(22-15-10-18-24-23(19)22)14-9-4-2-3-6-11-20-12-7-5-8-13-20/h5,7-8,10,12-13,15-18H,2-4,6,11H2,1H3. The van der Waals surface area contributed by atoms with Gasteiger partial charge < -0.3 is 0 Å². The lowest BCUT2D eigenvalue weighted by Gasteiger charge is -2.02. The van der Waals surface area contributed by atoms with Crippen molar-refractivity contribution in [2.24, 2.45) is 0 Å². The highest BCUT2D eigenvalue weighted by atomic mass is 14.6. The number of aryl methyl sites for hydroxylation is 2. The summed E-state index contributed by atoms with van der Waals surface area (Å²) < 4.78 is 0. The fourth-order valence-electron chi connectivity index (χ4n) is 2.94. The number of fused-ring (bicyclic) bond motifs is 1. The zero-order chi connectivity index (χ0) is 16.6. The molecule has 3 aromatic rings. The Kier molecular flexibility index (Phi) is 5.64. The monoisotopic (exact) mass is 313 g/mol. The van der Waals surface area contributed by atoms with Crippen LogP contribution < -0.4 is 0 Å². The lowest BCUT2D eigenvalue weighted by Crippen LogP contribution is -1.87. The molecule has 0 amide bonds. The highest BCUT2D eigenvalue weighted by molar-refractivity contribution is 5.87. The summed E-state index contributed by atoms with van der Waals surface area (Å²) in [5.41, 5.74) is 4.79. The molecule has 120 valence electrons. The first kappa shape index (κ1) is 16.3. The van der Waals surface area contributed by atoms with Crippen LogP contribution in [-0.2, 0) is 6.42 Å². The van der Waals surface area contributed by atoms with E-state index in [4.69, 9.17) is 0 Å². The van der Waals surface area contributed by atoms with Crippen molar-refractivity contribution in [3.8, 4) is 11.8 Å². The van der Waals surface area contributed by atoms with E-state index in [1.807, 2.05) is 12.3 Å². The summed E-state index contributed by atoms with van der Waals surface area (Å²) in [4.78, 5) is 4.47. The van der Waals surface area contributed by atoms with Gasteiger partial charge >= 0.3 is 0 Å². The summed E-state index contributed by atoms with van der Waals surface area (Å²) in [6.45, 7) is 2.10. The third-order valence-corrected chi connectivity index (χ3v) is 4.30. The normalized spacial score (nSPS) is 10.4. The average molecular weight is 313 g/mol. The van der Waals surface area contributed by atoms with Crippen LogP contribution in [0.2, 0.25) is 0 Å². The van der Waals surface area contributed by atoms with Crippen LogP contribution in [0.1, 0.15) is 42.4 Å². The van der Waals surface area contributed by atoms with E-state index in [0.717, 1.165) is 22.9 Å². The molecule has 1 nitrogen and oxygen atoms in total. The van der Waals surface area contributed by atoms with Crippen molar-refractivity contribution >= 4 is 10.9 Å². The Balaban J connectivity index is 1.51. The number of aromatic nitrogens is 1. The summed E-state index contributed by atoms with van der Waals surface area (Å²) in [7, 11) is 0. The van der Waals surface area contributed by atoms with Gasteiger partial charge in [0.15, 0.2) is 0 Å². The number of unbranched alkanes of at least 4 members (excludes halogenated alkanes) is 3. The van der Waals surface area contributed by atoms with Crippen LogP contribution >= 0.6 is 0 Å². The molecule has 0 aliphatic rings. The van der Waals surface area contributed by atoms with Crippen LogP contribution in [0.5, 0.6) is 0 Å². The topological polar surface area (TPSA) is 12.9 Å². The summed E-state index contributed by atoms with van der Waals surface area (Å²) >= 11 is 0. The van der Waals surface area contributed by atoms with Gasteiger partial charge in [0.1, 0.15) is 0 Å². The largest absolute Gasteiger partial charge is 0.256 e. The van der Waals surface area contributed by atoms with Gasteiger partial charge in [-0.3, -0.25) is 4.98 Å². The molecule has 1 heteroatoms. The molecule has 0 N–H and O–H groups in total. The maximum Gasteiger partial charge on any atom is 0.0743 e. The van der Waals surface area contributed by atoms with Gasteiger partial charge in [-0.25, -0.2) is 0 Å². The predicted octanol–water partition coefficient (Wildman–Crippen LogP) is 5.70. The van der Waals surface area contributed by atoms with Crippen molar-refractivity contribution in [1.29, 1.82) is 0 Å². The molecule has 0 aliphatic heterocycles. The van der Waals surface area contributed by atoms with Crippen LogP contribution in [0.3, 0.4) is 0 Å². The van der Waals surface area contributed by atoms with E-state index >= 15 is 0 Å². The summed E-state index contributed by atoms with van der Waals surface area (Å²) in [6, 6.07) is 19.0. The molecule has 0 bridgehead atoms. The summed E-state index contributed by atoms with van der Waals surface area (Å²) in [5.74, 6) is 6.67. The van der Waals surface area contributed by atoms with Crippen molar-refractivity contribution in [2.75, 3.05) is 0 Å². The highest BCUT2D eigenvalue weighted by Gasteiger charge is 2.01. The molecule has 0 atom stereocenters. The number of rotatable bonds is 5. The van der Waals surface area contributed by atoms with E-state index in [1.54, 1.807) is 0 Å². The Labute approximate surface area is 144 Å². The molecule has 1 aromatic heterocycles. The van der Waals surface area contributed by atoms with Crippen LogP contribution in [0.15, 0.2) is 60.8 Å². The summed E-state index contributed by atoms with van der Waals surface area (Å²) in [5, 5.41) is 1.16. The number of hydrogen-bond donors (Lipinski definition) is 0. The van der Waals surface area contributed by atoms with Crippen molar-refractivity contribution in [1.82, 2.24) is 4.98 Å². The van der Waals surface area contributed by atoms with Gasteiger partial charge in [-0.15, -0.1) is 0 Å². The molecule has 3 rings (SSSR count). The number of benzene rings is 2. The van der Waals surface area contributed by atoms with E-state index in [2.05, 4.69) is 72.3 Å². The van der Waals surface area contributed by atoms with Gasteiger partial charge in [-0.05, 0) is 49.4 Å². The van der Waals surface area contributed by atoms with Crippen LogP contribution in [0.4, 0.5) is 0 Å². The molecule has 0 unspecified atom stereocenters. The van der Waals surface area contributed by atoms with Crippen molar-refractivity contribution in [3.63, 3.8) is 0 Å². The van der Waals surface area contributed by atoms with Crippen molar-refractivity contribution in [3.05, 3.63) is 77.5 Å². The number of hydrogen-bond acceptors (Lipinski definition) is 1. The lowest BCUT2D eigenvalue weighted by atomic mass is 10.0. The smallest absolute Gasteiger partial charge is 0.0743 e. The van der Waals surface area contributed by atoms with E-state index in [1.165, 1.54) is 36.8 Å². The number of pyridine rings is 1. The van der Waals surface area contributed by atoms with Crippen molar-refractivity contribution in [2.45, 2.75) is 39.0 Å². The zero-order valence-electron chi connectivity index (χ0n) is 14.3. The van der Waals surface area contributed by atoms with E-state index in [9.17, 15) is 0 Å². The van der Waals surface area contributed by atoms with Gasteiger partial charge in [0.25, 0.3) is 0 Å². The van der Waals surface area contributed by atoms with Gasteiger partial charge in [0, 0.05) is 23.6 Å². The maximum absolute atomic E-state index is 4.47. The maximum atomic E-state index is 4.47. The molecule has 0 aliphatic carbocycles. The molecule has 24 heavy (non-hydrogen) atoms. The summed E-state index contributed by atoms with van der Waals surface area (Å²) in [6.07, 6.45) is 7.62. The molecule has 0 spiro atoms. The van der Waals surface area contributed by atoms with Gasteiger partial charge in [0.05, 0.1) is 5.52 Å². The fraction of sp³-hybridized carbons (Fsp3) is 0.261. The van der Waals surface area contributed by atoms with Gasteiger partial charge in [-0.1, -0.05) is 60.7 Å². The Bertz CT molecular complexity index is 853. The Morgan fingerprint density at radius 2 is 1.75 bits per heavy atom. The molecule has 0 fully saturated rings. The minimum absolute atomic E-state index is 0.963. The second-order valence-corrected chi connectivity index (χ2v) is 6.18. The van der Waals surface area contributed by atoms with Crippen LogP contribution in [-0.4, -0.2) is 4.98 Å². The Morgan fingerprint density at radius 3 is 2.62 bits per heavy atom. The van der Waals surface area contributed by atoms with E-state index in [0.29, 0.717) is 0 Å². The second-order valence-electron chi connectivity index (χ2n) is 6.18. The zero-order valence-corrected chi connectivity index (χ0v) is 14.3. The van der Waals surface area contributed by atoms with Gasteiger partial charge in [0.2, 0.25) is 0 Å². The highest BCUT2D eigenvalue weighted by Crippen LogP contribution is 2.19. The Hall–Kier alpha value is -2.59. The van der Waals surface area contributed by atoms with E-state index in [-0.39, 0.29) is 0 Å². The van der Waals surface area contributed by atoms with Crippen molar-refractivity contribution < 1.29 is 0 Å². The van der Waals surface area contributed by atoms with Crippen LogP contribution in [0.25, 0.3) is 10.9 Å². The quantitative estimate of drug-likeness (QED) is 0.435. The third-order valence-electron chi connectivity index (χ3n) is 4.30. The van der Waals surface area contributed by atoms with E-state index < -0.39 is 0 Å². The first-order valence-electron chi connectivity index (χ1n) is 8.72. The lowest BCUT2D eigenvalue weighted by molar-refractivity contribution is 0.692. The number of nitrogens with zero attached hydrogens (tertiary/aromatic N) is 1. The predicted molar refractivity (Wildman–Crippen MR) is 102 cm³/mol. The van der Waals surface area contributed by atoms with Crippen LogP contribution in [0, 0.1) is 18.8 Å². The minimum atomic E-state index is 0.963. The first-order valence-corrected chi connectivity index (χ1v) is 8.72. The SMILES string of the molecule is Cc1ccc(C#CCCCCCc2ccccc2)c2cccnc12. The fourth-order valence-corrected chi connectivity index (χ4v) is 2.94. The molecular weight excluding hydrogens is 290 g/mol. The average Bonchev–Trinajstić information content (AvgIpc) is 2.64. The second kappa shape index (κ2) is 8.31. The first-order chi connectivity index (χ1) is 11.8. The molecule has 0 saturated heterocycles. The molecule has 0 saturated carbocycles. The molecule has 1 heterocycles. The Morgan fingerprint density at radius 1 is 0.875 bits per heavy atom. The molecule has 0 radical (unpaired) electrons. The molecule has 2 aromatic carbocycles. The minimum Gasteiger partial charge on any atom is -0.256 e. The molecular formula is C23H23N. The third kappa shape index (κ3) is 4.24. The van der Waals surface area contributed by atoms with Gasteiger partial charge in [-0.2, -0.15) is 0 Å².